The highest BCUT2D eigenvalue weighted by Crippen LogP contribution is 2.23. The highest BCUT2D eigenvalue weighted by Gasteiger charge is 2.03. The van der Waals surface area contributed by atoms with Crippen molar-refractivity contribution in [3.63, 3.8) is 0 Å². The zero-order valence-corrected chi connectivity index (χ0v) is 14.0. The van der Waals surface area contributed by atoms with Gasteiger partial charge in [0, 0.05) is 31.4 Å². The fraction of sp³-hybridized carbons (Fsp3) is 0.190. The quantitative estimate of drug-likeness (QED) is 0.671. The van der Waals surface area contributed by atoms with Gasteiger partial charge in [0.25, 0.3) is 0 Å². The highest BCUT2D eigenvalue weighted by atomic mass is 15.1. The molecule has 0 aliphatic heterocycles. The first-order valence-electron chi connectivity index (χ1n) is 8.01. The predicted octanol–water partition coefficient (Wildman–Crippen LogP) is 5.03. The average Bonchev–Trinajstić information content (AvgIpc) is 2.59. The fourth-order valence-corrected chi connectivity index (χ4v) is 2.88. The summed E-state index contributed by atoms with van der Waals surface area (Å²) in [5, 5.41) is 1.19. The largest absolute Gasteiger partial charge is 0.377 e. The molecule has 0 aliphatic rings. The van der Waals surface area contributed by atoms with E-state index in [4.69, 9.17) is 0 Å². The summed E-state index contributed by atoms with van der Waals surface area (Å²) in [6.45, 7) is 2.20. The lowest BCUT2D eigenvalue weighted by molar-refractivity contribution is 1.06. The van der Waals surface area contributed by atoms with Gasteiger partial charge >= 0.3 is 0 Å². The topological polar surface area (TPSA) is 16.1 Å². The second-order valence-electron chi connectivity index (χ2n) is 5.89. The van der Waals surface area contributed by atoms with Crippen molar-refractivity contribution in [1.82, 2.24) is 4.98 Å². The van der Waals surface area contributed by atoms with Crippen LogP contribution in [0.5, 0.6) is 0 Å². The number of nitrogens with zero attached hydrogens (tertiary/aromatic N) is 2. The fourth-order valence-electron chi connectivity index (χ4n) is 2.88. The minimum Gasteiger partial charge on any atom is -0.377 e. The van der Waals surface area contributed by atoms with Crippen LogP contribution in [-0.4, -0.2) is 19.1 Å². The Morgan fingerprint density at radius 3 is 2.61 bits per heavy atom. The highest BCUT2D eigenvalue weighted by molar-refractivity contribution is 5.90. The minimum atomic E-state index is 1.03. The van der Waals surface area contributed by atoms with Crippen LogP contribution < -0.4 is 4.90 Å². The van der Waals surface area contributed by atoms with Crippen molar-refractivity contribution in [3.05, 3.63) is 71.4 Å². The molecule has 2 aromatic carbocycles. The van der Waals surface area contributed by atoms with Gasteiger partial charge < -0.3 is 4.90 Å². The van der Waals surface area contributed by atoms with Gasteiger partial charge in [0.05, 0.1) is 5.52 Å². The van der Waals surface area contributed by atoms with Crippen LogP contribution in [0.15, 0.2) is 54.7 Å². The van der Waals surface area contributed by atoms with Gasteiger partial charge in [-0.3, -0.25) is 4.98 Å². The molecular weight excluding hydrogens is 280 g/mol. The van der Waals surface area contributed by atoms with Crippen molar-refractivity contribution in [3.8, 4) is 0 Å². The second kappa shape index (κ2) is 6.66. The summed E-state index contributed by atoms with van der Waals surface area (Å²) in [6, 6.07) is 17.0. The molecule has 3 aromatic rings. The van der Waals surface area contributed by atoms with E-state index in [2.05, 4.69) is 79.5 Å². The molecule has 0 radical (unpaired) electrons. The number of hydrogen-bond acceptors (Lipinski definition) is 2. The van der Waals surface area contributed by atoms with Gasteiger partial charge in [0.1, 0.15) is 0 Å². The maximum atomic E-state index is 4.42. The number of fused-ring (bicyclic) bond motifs is 1. The number of benzene rings is 2. The number of aryl methyl sites for hydroxylation is 1. The van der Waals surface area contributed by atoms with E-state index in [9.17, 15) is 0 Å². The molecule has 1 aromatic heterocycles. The van der Waals surface area contributed by atoms with Crippen LogP contribution >= 0.6 is 0 Å². The first kappa shape index (κ1) is 15.3. The van der Waals surface area contributed by atoms with Gasteiger partial charge in [-0.05, 0) is 47.4 Å². The molecule has 0 N–H and O–H groups in total. The first-order valence-corrected chi connectivity index (χ1v) is 8.01. The van der Waals surface area contributed by atoms with E-state index in [0.29, 0.717) is 0 Å². The molecule has 2 heteroatoms. The van der Waals surface area contributed by atoms with Crippen LogP contribution in [0.1, 0.15) is 23.6 Å². The van der Waals surface area contributed by atoms with Gasteiger partial charge in [-0.15, -0.1) is 0 Å². The van der Waals surface area contributed by atoms with Gasteiger partial charge in [-0.25, -0.2) is 0 Å². The summed E-state index contributed by atoms with van der Waals surface area (Å²) in [6.07, 6.45) is 7.26. The third-order valence-corrected chi connectivity index (χ3v) is 4.10. The van der Waals surface area contributed by atoms with Gasteiger partial charge in [-0.1, -0.05) is 43.3 Å². The van der Waals surface area contributed by atoms with Crippen molar-refractivity contribution in [2.45, 2.75) is 13.3 Å². The van der Waals surface area contributed by atoms with E-state index in [1.54, 1.807) is 0 Å². The summed E-state index contributed by atoms with van der Waals surface area (Å²) in [5.41, 5.74) is 6.13. The van der Waals surface area contributed by atoms with Crippen LogP contribution in [0.4, 0.5) is 5.69 Å². The number of aromatic nitrogens is 1. The Morgan fingerprint density at radius 1 is 1.00 bits per heavy atom. The number of hydrogen-bond donors (Lipinski definition) is 0. The lowest BCUT2D eigenvalue weighted by Crippen LogP contribution is -2.11. The molecular formula is C21H22N2. The van der Waals surface area contributed by atoms with E-state index in [1.165, 1.54) is 27.8 Å². The van der Waals surface area contributed by atoms with Crippen LogP contribution in [0, 0.1) is 0 Å². The lowest BCUT2D eigenvalue weighted by Gasteiger charge is -2.17. The van der Waals surface area contributed by atoms with Gasteiger partial charge in [-0.2, -0.15) is 0 Å². The number of pyridine rings is 1. The summed E-state index contributed by atoms with van der Waals surface area (Å²) in [5.74, 6) is 0. The molecule has 0 saturated carbocycles. The van der Waals surface area contributed by atoms with E-state index < -0.39 is 0 Å². The zero-order valence-electron chi connectivity index (χ0n) is 14.0. The molecule has 23 heavy (non-hydrogen) atoms. The molecule has 0 saturated heterocycles. The molecule has 3 rings (SSSR count). The number of para-hydroxylation sites is 1. The first-order chi connectivity index (χ1) is 11.2. The summed E-state index contributed by atoms with van der Waals surface area (Å²) < 4.78 is 0. The Morgan fingerprint density at radius 2 is 1.83 bits per heavy atom. The molecule has 0 fully saturated rings. The molecule has 116 valence electrons. The van der Waals surface area contributed by atoms with Crippen LogP contribution in [0.2, 0.25) is 0 Å². The van der Waals surface area contributed by atoms with E-state index in [0.717, 1.165) is 11.9 Å². The number of anilines is 1. The Labute approximate surface area is 138 Å². The predicted molar refractivity (Wildman–Crippen MR) is 101 cm³/mol. The maximum absolute atomic E-state index is 4.42. The second-order valence-corrected chi connectivity index (χ2v) is 5.89. The van der Waals surface area contributed by atoms with Gasteiger partial charge in [0.15, 0.2) is 0 Å². The molecule has 2 nitrogen and oxygen atoms in total. The van der Waals surface area contributed by atoms with Crippen LogP contribution in [0.25, 0.3) is 23.1 Å². The molecule has 0 unspecified atom stereocenters. The van der Waals surface area contributed by atoms with Crippen molar-refractivity contribution >= 4 is 28.7 Å². The summed E-state index contributed by atoms with van der Waals surface area (Å²) in [7, 11) is 4.18. The Kier molecular flexibility index (Phi) is 4.42. The van der Waals surface area contributed by atoms with Crippen LogP contribution in [0.3, 0.4) is 0 Å². The molecule has 0 amide bonds. The monoisotopic (exact) mass is 302 g/mol. The van der Waals surface area contributed by atoms with Gasteiger partial charge in [0.2, 0.25) is 0 Å². The van der Waals surface area contributed by atoms with Crippen molar-refractivity contribution in [1.29, 1.82) is 0 Å². The third-order valence-electron chi connectivity index (χ3n) is 4.10. The molecule has 0 bridgehead atoms. The van der Waals surface area contributed by atoms with E-state index >= 15 is 0 Å². The van der Waals surface area contributed by atoms with Crippen molar-refractivity contribution < 1.29 is 0 Å². The molecule has 0 atom stereocenters. The Balaban J connectivity index is 1.96. The summed E-state index contributed by atoms with van der Waals surface area (Å²) >= 11 is 0. The smallest absolute Gasteiger partial charge is 0.0707 e. The lowest BCUT2D eigenvalue weighted by atomic mass is 10.0. The Bertz CT molecular complexity index is 842. The van der Waals surface area contributed by atoms with E-state index in [-0.39, 0.29) is 0 Å². The SMILES string of the molecule is CCc1cc(/C=C/c2ccnc3ccccc23)ccc1N(C)C. The van der Waals surface area contributed by atoms with Crippen molar-refractivity contribution in [2.75, 3.05) is 19.0 Å². The standard InChI is InChI=1S/C21H22N2/c1-4-17-15-16(10-12-21(17)23(2)3)9-11-18-13-14-22-20-8-6-5-7-19(18)20/h5-15H,4H2,1-3H3/b11-9+. The zero-order chi connectivity index (χ0) is 16.2. The Hall–Kier alpha value is -2.61. The molecule has 0 aliphatic carbocycles. The average molecular weight is 302 g/mol. The normalized spacial score (nSPS) is 11.3. The van der Waals surface area contributed by atoms with E-state index in [1.807, 2.05) is 18.3 Å². The third kappa shape index (κ3) is 3.26. The number of rotatable bonds is 4. The molecule has 1 heterocycles. The maximum Gasteiger partial charge on any atom is 0.0707 e. The molecule has 0 spiro atoms. The van der Waals surface area contributed by atoms with Crippen molar-refractivity contribution in [2.24, 2.45) is 0 Å². The minimum absolute atomic E-state index is 1.03. The summed E-state index contributed by atoms with van der Waals surface area (Å²) in [4.78, 5) is 6.59. The van der Waals surface area contributed by atoms with Crippen LogP contribution in [-0.2, 0) is 6.42 Å².